The van der Waals surface area contributed by atoms with E-state index in [2.05, 4.69) is 25.9 Å². The molecule has 0 bridgehead atoms. The van der Waals surface area contributed by atoms with E-state index in [1.165, 1.54) is 37.5 Å². The number of amides is 3. The van der Waals surface area contributed by atoms with Crippen molar-refractivity contribution in [3.05, 3.63) is 52.8 Å². The van der Waals surface area contributed by atoms with E-state index in [0.717, 1.165) is 0 Å². The van der Waals surface area contributed by atoms with Crippen molar-refractivity contribution in [3.63, 3.8) is 0 Å². The summed E-state index contributed by atoms with van der Waals surface area (Å²) in [4.78, 5) is 33.8. The minimum absolute atomic E-state index is 0.0164. The lowest BCUT2D eigenvalue weighted by molar-refractivity contribution is -0.111. The van der Waals surface area contributed by atoms with Crippen molar-refractivity contribution in [1.82, 2.24) is 9.97 Å². The van der Waals surface area contributed by atoms with Crippen LogP contribution in [0.2, 0.25) is 10.0 Å². The van der Waals surface area contributed by atoms with E-state index in [4.69, 9.17) is 34.4 Å². The van der Waals surface area contributed by atoms with Crippen LogP contribution in [0.25, 0.3) is 0 Å². The van der Waals surface area contributed by atoms with Crippen LogP contribution in [-0.4, -0.2) is 41.2 Å². The number of nitrogens with zero attached hydrogens (tertiary/aromatic N) is 3. The zero-order valence-electron chi connectivity index (χ0n) is 17.9. The Labute approximate surface area is 204 Å². The second-order valence-electron chi connectivity index (χ2n) is 6.62. The predicted molar refractivity (Wildman–Crippen MR) is 131 cm³/mol. The zero-order chi connectivity index (χ0) is 24.8. The number of benzene rings is 2. The number of hydrogen-bond donors (Lipinski definition) is 4. The molecule has 0 saturated heterocycles. The Hall–Kier alpha value is -4.20. The molecule has 0 atom stereocenters. The van der Waals surface area contributed by atoms with E-state index in [-0.39, 0.29) is 33.0 Å². The molecule has 12 heteroatoms. The van der Waals surface area contributed by atoms with Crippen LogP contribution < -0.4 is 25.6 Å². The highest BCUT2D eigenvalue weighted by Gasteiger charge is 2.21. The van der Waals surface area contributed by atoms with Crippen molar-refractivity contribution in [2.45, 2.75) is 0 Å². The average molecular weight is 501 g/mol. The van der Waals surface area contributed by atoms with Gasteiger partial charge in [-0.05, 0) is 18.1 Å². The molecule has 3 amide bonds. The van der Waals surface area contributed by atoms with E-state index in [1.54, 1.807) is 24.3 Å². The van der Waals surface area contributed by atoms with Gasteiger partial charge in [0.15, 0.2) is 0 Å². The summed E-state index contributed by atoms with van der Waals surface area (Å²) < 4.78 is 5.08. The summed E-state index contributed by atoms with van der Waals surface area (Å²) in [6.45, 7) is 0. The van der Waals surface area contributed by atoms with Gasteiger partial charge >= 0.3 is 6.03 Å². The topological polar surface area (TPSA) is 129 Å². The molecular formula is C22H18Cl2N6O4. The Morgan fingerprint density at radius 2 is 1.82 bits per heavy atom. The van der Waals surface area contributed by atoms with Gasteiger partial charge in [-0.1, -0.05) is 35.3 Å². The van der Waals surface area contributed by atoms with Gasteiger partial charge < -0.3 is 25.8 Å². The predicted octanol–water partition coefficient (Wildman–Crippen LogP) is 4.48. The molecular weight excluding hydrogens is 483 g/mol. The minimum atomic E-state index is -0.650. The number of aromatic hydroxyl groups is 1. The Kier molecular flexibility index (Phi) is 7.63. The number of methoxy groups -OCH3 is 1. The smallest absolute Gasteiger partial charge is 0.327 e. The molecule has 0 aliphatic carbocycles. The number of halogens is 2. The average Bonchev–Trinajstić information content (AvgIpc) is 2.84. The van der Waals surface area contributed by atoms with E-state index >= 15 is 0 Å². The number of carbonyl (C=O) groups excluding carboxylic acids is 2. The number of anilines is 5. The molecule has 2 aromatic carbocycles. The summed E-state index contributed by atoms with van der Waals surface area (Å²) >= 11 is 12.3. The van der Waals surface area contributed by atoms with Crippen molar-refractivity contribution in [3.8, 4) is 23.8 Å². The first kappa shape index (κ1) is 24.4. The molecule has 1 heterocycles. The van der Waals surface area contributed by atoms with Gasteiger partial charge in [-0.3, -0.25) is 9.69 Å². The Balaban J connectivity index is 1.82. The summed E-state index contributed by atoms with van der Waals surface area (Å²) in [5.41, 5.74) is 0.940. The molecule has 10 nitrogen and oxygen atoms in total. The quantitative estimate of drug-likeness (QED) is 0.367. The van der Waals surface area contributed by atoms with Crippen LogP contribution in [0.1, 0.15) is 0 Å². The normalized spacial score (nSPS) is 10.1. The van der Waals surface area contributed by atoms with Gasteiger partial charge in [0, 0.05) is 19.2 Å². The largest absolute Gasteiger partial charge is 0.506 e. The number of aromatic nitrogens is 2. The number of hydrogen-bond acceptors (Lipinski definition) is 7. The molecule has 0 aliphatic heterocycles. The molecule has 0 saturated carbocycles. The lowest BCUT2D eigenvalue weighted by atomic mass is 10.2. The fourth-order valence-corrected chi connectivity index (χ4v) is 3.27. The monoisotopic (exact) mass is 500 g/mol. The molecule has 0 aliphatic rings. The highest BCUT2D eigenvalue weighted by atomic mass is 35.5. The van der Waals surface area contributed by atoms with Crippen LogP contribution in [0, 0.1) is 12.3 Å². The number of para-hydroxylation sites is 2. The van der Waals surface area contributed by atoms with Crippen molar-refractivity contribution >= 4 is 63.8 Å². The molecule has 0 spiro atoms. The highest BCUT2D eigenvalue weighted by molar-refractivity contribution is 6.41. The lowest BCUT2D eigenvalue weighted by Gasteiger charge is -2.20. The number of terminal acetylenes is 1. The number of phenolic OH excluding ortho intramolecular Hbond substituents is 1. The summed E-state index contributed by atoms with van der Waals surface area (Å²) in [5.74, 6) is 1.75. The zero-order valence-corrected chi connectivity index (χ0v) is 19.4. The number of carbonyl (C=O) groups is 2. The third-order valence-electron chi connectivity index (χ3n) is 4.47. The van der Waals surface area contributed by atoms with Crippen molar-refractivity contribution in [1.29, 1.82) is 0 Å². The van der Waals surface area contributed by atoms with E-state index in [1.807, 2.05) is 5.92 Å². The van der Waals surface area contributed by atoms with Crippen molar-refractivity contribution in [2.24, 2.45) is 0 Å². The van der Waals surface area contributed by atoms with Crippen LogP contribution in [0.5, 0.6) is 11.5 Å². The van der Waals surface area contributed by atoms with E-state index < -0.39 is 11.9 Å². The maximum Gasteiger partial charge on any atom is 0.327 e. The van der Waals surface area contributed by atoms with Crippen LogP contribution >= 0.6 is 23.2 Å². The second kappa shape index (κ2) is 10.6. The Morgan fingerprint density at radius 3 is 2.50 bits per heavy atom. The summed E-state index contributed by atoms with van der Waals surface area (Å²) in [7, 11) is 2.82. The molecule has 1 aromatic heterocycles. The standard InChI is InChI=1S/C22H18Cl2N6O4/c1-4-18(32)28-13-8-6-5-7-12(13)27-16-10-17(26-11-25-16)30(2)22(33)29-21-19(23)14(31)9-15(34-3)20(21)24/h1,5-11,31H,2-3H3,(H,28,32)(H,29,33)(H,25,26,27). The molecule has 3 aromatic rings. The fourth-order valence-electron chi connectivity index (χ4n) is 2.75. The van der Waals surface area contributed by atoms with Gasteiger partial charge in [-0.2, -0.15) is 0 Å². The highest BCUT2D eigenvalue weighted by Crippen LogP contribution is 2.43. The maximum atomic E-state index is 12.8. The summed E-state index contributed by atoms with van der Waals surface area (Å²) in [5, 5.41) is 18.0. The van der Waals surface area contributed by atoms with Crippen molar-refractivity contribution in [2.75, 3.05) is 35.0 Å². The van der Waals surface area contributed by atoms with Crippen LogP contribution in [0.15, 0.2) is 42.7 Å². The van der Waals surface area contributed by atoms with E-state index in [9.17, 15) is 14.7 Å². The summed E-state index contributed by atoms with van der Waals surface area (Å²) in [6.07, 6.45) is 6.37. The third-order valence-corrected chi connectivity index (χ3v) is 5.23. The number of phenols is 1. The van der Waals surface area contributed by atoms with E-state index in [0.29, 0.717) is 17.2 Å². The van der Waals surface area contributed by atoms with Gasteiger partial charge in [0.1, 0.15) is 39.5 Å². The number of ether oxygens (including phenoxy) is 1. The van der Waals surface area contributed by atoms with Crippen molar-refractivity contribution < 1.29 is 19.4 Å². The van der Waals surface area contributed by atoms with Crippen LogP contribution in [0.4, 0.5) is 33.5 Å². The minimum Gasteiger partial charge on any atom is -0.506 e. The van der Waals surface area contributed by atoms with Crippen LogP contribution in [-0.2, 0) is 4.79 Å². The van der Waals surface area contributed by atoms with Crippen LogP contribution in [0.3, 0.4) is 0 Å². The first-order valence-electron chi connectivity index (χ1n) is 9.50. The first-order valence-corrected chi connectivity index (χ1v) is 10.3. The first-order chi connectivity index (χ1) is 16.2. The molecule has 4 N–H and O–H groups in total. The molecule has 34 heavy (non-hydrogen) atoms. The SMILES string of the molecule is C#CC(=O)Nc1ccccc1Nc1cc(N(C)C(=O)Nc2c(Cl)c(O)cc(OC)c2Cl)ncn1. The fraction of sp³-hybridized carbons (Fsp3) is 0.0909. The molecule has 0 radical (unpaired) electrons. The molecule has 0 fully saturated rings. The second-order valence-corrected chi connectivity index (χ2v) is 7.38. The Bertz CT molecular complexity index is 1290. The van der Waals surface area contributed by atoms with Gasteiger partial charge in [0.25, 0.3) is 5.91 Å². The Morgan fingerprint density at radius 1 is 1.12 bits per heavy atom. The molecule has 0 unspecified atom stereocenters. The number of urea groups is 1. The van der Waals surface area contributed by atoms with Gasteiger partial charge in [-0.15, -0.1) is 6.42 Å². The van der Waals surface area contributed by atoms with Gasteiger partial charge in [-0.25, -0.2) is 14.8 Å². The third kappa shape index (κ3) is 5.40. The van der Waals surface area contributed by atoms with Gasteiger partial charge in [0.2, 0.25) is 0 Å². The molecule has 174 valence electrons. The maximum absolute atomic E-state index is 12.8. The number of rotatable bonds is 6. The number of nitrogens with one attached hydrogen (secondary N) is 3. The van der Waals surface area contributed by atoms with Gasteiger partial charge in [0.05, 0.1) is 24.2 Å². The molecule has 3 rings (SSSR count). The summed E-state index contributed by atoms with van der Waals surface area (Å²) in [6, 6.07) is 8.95. The lowest BCUT2D eigenvalue weighted by Crippen LogP contribution is -2.32.